The number of carbonyl (C=O) groups excluding carboxylic acids is 2. The summed E-state index contributed by atoms with van der Waals surface area (Å²) in [5.74, 6) is -0.417. The van der Waals surface area contributed by atoms with E-state index >= 15 is 0 Å². The number of esters is 2. The Morgan fingerprint density at radius 3 is 2.12 bits per heavy atom. The van der Waals surface area contributed by atoms with Crippen molar-refractivity contribution in [2.24, 2.45) is 29.5 Å². The molecule has 0 radical (unpaired) electrons. The number of rotatable bonds is 14. The van der Waals surface area contributed by atoms with Gasteiger partial charge in [0, 0.05) is 22.7 Å². The highest BCUT2D eigenvalue weighted by molar-refractivity contribution is 6.48. The Morgan fingerprint density at radius 2 is 1.52 bits per heavy atom. The first kappa shape index (κ1) is 48.5. The number of nitrogens with zero attached hydrogens (tertiary/aromatic N) is 4. The summed E-state index contributed by atoms with van der Waals surface area (Å²) in [5, 5.41) is 19.3. The quantitative estimate of drug-likeness (QED) is 0.0594. The van der Waals surface area contributed by atoms with E-state index in [9.17, 15) is 19.2 Å². The third kappa shape index (κ3) is 12.9. The molecule has 0 bridgehead atoms. The molecule has 1 aliphatic carbocycles. The fourth-order valence-corrected chi connectivity index (χ4v) is 7.22. The third-order valence-corrected chi connectivity index (χ3v) is 11.0. The van der Waals surface area contributed by atoms with Crippen molar-refractivity contribution in [3.8, 4) is 29.2 Å². The van der Waals surface area contributed by atoms with Crippen LogP contribution in [-0.2, 0) is 32.8 Å². The van der Waals surface area contributed by atoms with E-state index < -0.39 is 34.8 Å². The lowest BCUT2D eigenvalue weighted by atomic mass is 10.1. The molecule has 5 aromatic carbocycles. The predicted octanol–water partition coefficient (Wildman–Crippen LogP) is 13.0. The first-order valence-electron chi connectivity index (χ1n) is 20.9. The molecule has 0 N–H and O–H groups in total. The Morgan fingerprint density at radius 1 is 0.909 bits per heavy atom. The monoisotopic (exact) mass is 930 g/mol. The number of oxime groups is 1. The largest absolute Gasteiger partial charge is 0.456 e. The van der Waals surface area contributed by atoms with Crippen molar-refractivity contribution in [1.29, 1.82) is 5.26 Å². The molecule has 0 amide bonds. The van der Waals surface area contributed by atoms with Gasteiger partial charge in [-0.05, 0) is 111 Å². The van der Waals surface area contributed by atoms with Gasteiger partial charge < -0.3 is 23.8 Å². The lowest BCUT2D eigenvalue weighted by Crippen LogP contribution is -2.23. The lowest BCUT2D eigenvalue weighted by Gasteiger charge is -2.19. The molecule has 1 saturated carbocycles. The van der Waals surface area contributed by atoms with Crippen LogP contribution in [0.15, 0.2) is 139 Å². The number of aryl methyl sites for hydroxylation is 2. The number of nitriles is 1. The highest BCUT2D eigenvalue weighted by atomic mass is 35.5. The van der Waals surface area contributed by atoms with Gasteiger partial charge in [-0.1, -0.05) is 115 Å². The van der Waals surface area contributed by atoms with Gasteiger partial charge in [-0.15, -0.1) is 0 Å². The van der Waals surface area contributed by atoms with E-state index in [1.165, 1.54) is 18.2 Å². The van der Waals surface area contributed by atoms with Crippen molar-refractivity contribution in [3.05, 3.63) is 178 Å². The highest BCUT2D eigenvalue weighted by Crippen LogP contribution is 2.60. The molecule has 1 fully saturated rings. The molecule has 1 heterocycles. The number of hydrogen-bond donors (Lipinski definition) is 0. The van der Waals surface area contributed by atoms with Crippen LogP contribution >= 0.6 is 23.2 Å². The fourth-order valence-electron chi connectivity index (χ4n) is 6.84. The molecule has 7 rings (SSSR count). The molecule has 66 heavy (non-hydrogen) atoms. The van der Waals surface area contributed by atoms with E-state index in [-0.39, 0.29) is 24.2 Å². The lowest BCUT2D eigenvalue weighted by molar-refractivity contribution is -0.149. The van der Waals surface area contributed by atoms with Crippen LogP contribution in [0.5, 0.6) is 23.1 Å². The van der Waals surface area contributed by atoms with Crippen LogP contribution < -0.4 is 9.47 Å². The average molecular weight is 932 g/mol. The van der Waals surface area contributed by atoms with Crippen molar-refractivity contribution in [2.75, 3.05) is 0 Å². The molecule has 11 nitrogen and oxygen atoms in total. The van der Waals surface area contributed by atoms with Crippen LogP contribution in [0, 0.1) is 41.3 Å². The Bertz CT molecular complexity index is 2730. The molecular formula is C52H49Cl2FN4O7. The van der Waals surface area contributed by atoms with Gasteiger partial charge in [0.15, 0.2) is 11.6 Å². The number of hydrogen-bond acceptors (Lipinski definition) is 10. The average Bonchev–Trinajstić information content (AvgIpc) is 3.72. The summed E-state index contributed by atoms with van der Waals surface area (Å²) in [6.07, 6.45) is 2.21. The summed E-state index contributed by atoms with van der Waals surface area (Å²) in [4.78, 5) is 30.5. The van der Waals surface area contributed by atoms with Gasteiger partial charge >= 0.3 is 11.9 Å². The third-order valence-electron chi connectivity index (χ3n) is 10.4. The second kappa shape index (κ2) is 21.4. The number of ether oxygens (including phenoxy) is 4. The summed E-state index contributed by atoms with van der Waals surface area (Å²) in [6, 6.07) is 38.3. The molecule has 3 unspecified atom stereocenters. The predicted molar refractivity (Wildman–Crippen MR) is 252 cm³/mol. The maximum absolute atomic E-state index is 14.3. The van der Waals surface area contributed by atoms with Crippen LogP contribution in [0.25, 0.3) is 5.03 Å². The maximum Gasteiger partial charge on any atom is 0.338 e. The molecule has 0 aliphatic heterocycles. The number of aromatic nitrogens is 2. The van der Waals surface area contributed by atoms with Gasteiger partial charge in [0.2, 0.25) is 12.0 Å². The van der Waals surface area contributed by atoms with Crippen molar-refractivity contribution >= 4 is 46.4 Å². The van der Waals surface area contributed by atoms with Crippen molar-refractivity contribution in [1.82, 2.24) is 9.78 Å². The van der Waals surface area contributed by atoms with E-state index in [2.05, 4.69) is 10.3 Å². The van der Waals surface area contributed by atoms with Crippen LogP contribution in [0.4, 0.5) is 4.39 Å². The molecule has 340 valence electrons. The first-order chi connectivity index (χ1) is 31.4. The number of para-hydroxylation sites is 2. The minimum absolute atomic E-state index is 0.0627. The summed E-state index contributed by atoms with van der Waals surface area (Å²) in [7, 11) is 1.82. The van der Waals surface area contributed by atoms with Crippen molar-refractivity contribution in [3.63, 3.8) is 0 Å². The second-order valence-electron chi connectivity index (χ2n) is 16.9. The van der Waals surface area contributed by atoms with Crippen LogP contribution in [0.3, 0.4) is 0 Å². The molecule has 0 saturated heterocycles. The summed E-state index contributed by atoms with van der Waals surface area (Å²) < 4.78 is 38.5. The summed E-state index contributed by atoms with van der Waals surface area (Å²) in [5.41, 5.74) is 3.09. The SMILES string of the molecule is CC1(C)C(/C=C(\Cl)c2ccc(Cl)cc2)C1C(=O)OC(C#N)c1ccc(F)c(Oc2ccccc2)c1.Cc1nn(C)c(Oc2ccccc2)c1/C=N/OCc1ccc(C(=O)OC(C)(C)C)cc1. The Hall–Kier alpha value is -6.94. The maximum atomic E-state index is 14.3. The first-order valence-corrected chi connectivity index (χ1v) is 21.7. The van der Waals surface area contributed by atoms with Gasteiger partial charge in [-0.25, -0.2) is 13.9 Å². The molecule has 0 spiro atoms. The standard InChI is InChI=1S/C28H22Cl2FNO3.C24H27N3O4/c1-28(2)21(15-22(30)17-8-11-19(29)12-9-17)26(28)27(33)35-25(16-32)18-10-13-23(31)24(14-18)34-20-6-4-3-5-7-20;1-17-21(22(27(5)26-17)30-20-9-7-6-8-10-20)15-25-29-16-18-11-13-19(14-12-18)23(28)31-24(2,3)4/h3-15,21,25-26H,1-2H3;6-15H,16H2,1-5H3/b22-15-;25-15+. The number of allylic oxidation sites excluding steroid dienone is 1. The van der Waals surface area contributed by atoms with Gasteiger partial charge in [0.05, 0.1) is 29.0 Å². The van der Waals surface area contributed by atoms with E-state index in [1.807, 2.05) is 109 Å². The Balaban J connectivity index is 0.000000220. The Kier molecular flexibility index (Phi) is 15.7. The molecular weight excluding hydrogens is 882 g/mol. The highest BCUT2D eigenvalue weighted by Gasteiger charge is 2.62. The molecule has 1 aliphatic rings. The van der Waals surface area contributed by atoms with E-state index in [1.54, 1.807) is 71.6 Å². The van der Waals surface area contributed by atoms with E-state index in [0.717, 1.165) is 22.4 Å². The number of benzene rings is 5. The van der Waals surface area contributed by atoms with Crippen LogP contribution in [0.1, 0.15) is 79.0 Å². The Labute approximate surface area is 393 Å². The normalized spacial score (nSPS) is 15.7. The minimum Gasteiger partial charge on any atom is -0.456 e. The second-order valence-corrected chi connectivity index (χ2v) is 17.8. The van der Waals surface area contributed by atoms with Gasteiger partial charge in [0.1, 0.15) is 29.8 Å². The fraction of sp³-hybridized carbons (Fsp3) is 0.250. The van der Waals surface area contributed by atoms with Crippen LogP contribution in [-0.4, -0.2) is 33.5 Å². The van der Waals surface area contributed by atoms with Gasteiger partial charge in [-0.3, -0.25) is 4.79 Å². The zero-order chi connectivity index (χ0) is 47.6. The molecule has 14 heteroatoms. The topological polar surface area (TPSA) is 134 Å². The molecule has 3 atom stereocenters. The minimum atomic E-state index is -1.21. The van der Waals surface area contributed by atoms with Crippen molar-refractivity contribution in [2.45, 2.75) is 59.9 Å². The number of halogens is 3. The van der Waals surface area contributed by atoms with E-state index in [4.69, 9.17) is 47.0 Å². The van der Waals surface area contributed by atoms with E-state index in [0.29, 0.717) is 38.6 Å². The summed E-state index contributed by atoms with van der Waals surface area (Å²) in [6.45, 7) is 11.5. The van der Waals surface area contributed by atoms with Crippen molar-refractivity contribution < 1.29 is 37.8 Å². The molecule has 6 aromatic rings. The van der Waals surface area contributed by atoms with Crippen LogP contribution in [0.2, 0.25) is 5.02 Å². The van der Waals surface area contributed by atoms with Gasteiger partial charge in [-0.2, -0.15) is 10.4 Å². The zero-order valence-electron chi connectivity index (χ0n) is 37.5. The zero-order valence-corrected chi connectivity index (χ0v) is 39.0. The number of carbonyl (C=O) groups is 2. The molecule has 1 aromatic heterocycles. The summed E-state index contributed by atoms with van der Waals surface area (Å²) >= 11 is 12.4. The smallest absolute Gasteiger partial charge is 0.338 e. The van der Waals surface area contributed by atoms with Gasteiger partial charge in [0.25, 0.3) is 0 Å².